The SMILES string of the molecule is CCN(c1ccc(C#N)c(F)c1)C1CC1. The van der Waals surface area contributed by atoms with Crippen molar-refractivity contribution in [2.24, 2.45) is 0 Å². The van der Waals surface area contributed by atoms with Gasteiger partial charge in [-0.05, 0) is 38.0 Å². The van der Waals surface area contributed by atoms with Gasteiger partial charge in [-0.1, -0.05) is 0 Å². The third-order valence-corrected chi connectivity index (χ3v) is 2.73. The summed E-state index contributed by atoms with van der Waals surface area (Å²) < 4.78 is 13.4. The fourth-order valence-electron chi connectivity index (χ4n) is 1.81. The zero-order valence-corrected chi connectivity index (χ0v) is 8.70. The second kappa shape index (κ2) is 3.90. The molecule has 0 saturated heterocycles. The quantitative estimate of drug-likeness (QED) is 0.756. The van der Waals surface area contributed by atoms with E-state index in [0.717, 1.165) is 12.2 Å². The van der Waals surface area contributed by atoms with Gasteiger partial charge in [-0.15, -0.1) is 0 Å². The molecule has 0 spiro atoms. The molecule has 1 aliphatic rings. The lowest BCUT2D eigenvalue weighted by molar-refractivity contribution is 0.622. The molecule has 1 aliphatic carbocycles. The summed E-state index contributed by atoms with van der Waals surface area (Å²) in [6.45, 7) is 2.95. The van der Waals surface area contributed by atoms with Crippen molar-refractivity contribution in [3.63, 3.8) is 0 Å². The fraction of sp³-hybridized carbons (Fsp3) is 0.417. The van der Waals surface area contributed by atoms with Crippen LogP contribution in [0.2, 0.25) is 0 Å². The van der Waals surface area contributed by atoms with Crippen LogP contribution in [0.5, 0.6) is 0 Å². The van der Waals surface area contributed by atoms with E-state index in [9.17, 15) is 4.39 Å². The van der Waals surface area contributed by atoms with Crippen molar-refractivity contribution in [3.05, 3.63) is 29.6 Å². The minimum absolute atomic E-state index is 0.116. The molecule has 2 rings (SSSR count). The van der Waals surface area contributed by atoms with Gasteiger partial charge in [-0.25, -0.2) is 4.39 Å². The van der Waals surface area contributed by atoms with Gasteiger partial charge in [0.25, 0.3) is 0 Å². The molecule has 0 aliphatic heterocycles. The predicted molar refractivity (Wildman–Crippen MR) is 57.2 cm³/mol. The maximum atomic E-state index is 13.4. The first kappa shape index (κ1) is 9.97. The monoisotopic (exact) mass is 204 g/mol. The molecule has 1 fully saturated rings. The van der Waals surface area contributed by atoms with Crippen molar-refractivity contribution in [2.45, 2.75) is 25.8 Å². The van der Waals surface area contributed by atoms with Crippen LogP contribution in [0.4, 0.5) is 10.1 Å². The summed E-state index contributed by atoms with van der Waals surface area (Å²) in [5.41, 5.74) is 1.00. The highest BCUT2D eigenvalue weighted by atomic mass is 19.1. The molecule has 1 aromatic rings. The standard InChI is InChI=1S/C12H13FN2/c1-2-15(10-5-6-10)11-4-3-9(8-14)12(13)7-11/h3-4,7,10H,2,5-6H2,1H3. The average Bonchev–Trinajstić information content (AvgIpc) is 3.03. The van der Waals surface area contributed by atoms with Gasteiger partial charge in [0.15, 0.2) is 0 Å². The van der Waals surface area contributed by atoms with Gasteiger partial charge in [0, 0.05) is 18.3 Å². The number of hydrogen-bond acceptors (Lipinski definition) is 2. The van der Waals surface area contributed by atoms with E-state index in [2.05, 4.69) is 11.8 Å². The van der Waals surface area contributed by atoms with E-state index >= 15 is 0 Å². The van der Waals surface area contributed by atoms with Gasteiger partial charge in [0.05, 0.1) is 5.56 Å². The lowest BCUT2D eigenvalue weighted by Gasteiger charge is -2.22. The van der Waals surface area contributed by atoms with Crippen molar-refractivity contribution in [1.29, 1.82) is 5.26 Å². The van der Waals surface area contributed by atoms with Crippen LogP contribution in [-0.4, -0.2) is 12.6 Å². The van der Waals surface area contributed by atoms with Gasteiger partial charge in [-0.2, -0.15) is 5.26 Å². The van der Waals surface area contributed by atoms with Crippen molar-refractivity contribution < 1.29 is 4.39 Å². The van der Waals surface area contributed by atoms with Gasteiger partial charge >= 0.3 is 0 Å². The first-order valence-electron chi connectivity index (χ1n) is 5.22. The molecule has 0 bridgehead atoms. The normalized spacial score (nSPS) is 14.7. The van der Waals surface area contributed by atoms with Crippen molar-refractivity contribution in [2.75, 3.05) is 11.4 Å². The Morgan fingerprint density at radius 3 is 2.73 bits per heavy atom. The molecule has 1 saturated carbocycles. The third kappa shape index (κ3) is 1.94. The Labute approximate surface area is 88.9 Å². The number of halogens is 1. The molecule has 0 radical (unpaired) electrons. The molecule has 3 heteroatoms. The number of nitrogens with zero attached hydrogens (tertiary/aromatic N) is 2. The first-order valence-corrected chi connectivity index (χ1v) is 5.22. The summed E-state index contributed by atoms with van der Waals surface area (Å²) in [6, 6.07) is 7.24. The minimum atomic E-state index is -0.422. The van der Waals surface area contributed by atoms with E-state index in [1.165, 1.54) is 18.9 Å². The molecular weight excluding hydrogens is 191 g/mol. The highest BCUT2D eigenvalue weighted by Gasteiger charge is 2.28. The first-order chi connectivity index (χ1) is 7.26. The second-order valence-corrected chi connectivity index (χ2v) is 3.79. The zero-order valence-electron chi connectivity index (χ0n) is 8.70. The van der Waals surface area contributed by atoms with Crippen LogP contribution in [0, 0.1) is 17.1 Å². The third-order valence-electron chi connectivity index (χ3n) is 2.73. The van der Waals surface area contributed by atoms with Crippen LogP contribution < -0.4 is 4.90 Å². The molecule has 0 aromatic heterocycles. The van der Waals surface area contributed by atoms with E-state index in [1.807, 2.05) is 12.1 Å². The second-order valence-electron chi connectivity index (χ2n) is 3.79. The summed E-state index contributed by atoms with van der Waals surface area (Å²) in [5.74, 6) is -0.422. The Balaban J connectivity index is 2.28. The fourth-order valence-corrected chi connectivity index (χ4v) is 1.81. The molecule has 0 amide bonds. The van der Waals surface area contributed by atoms with Gasteiger partial charge in [0.2, 0.25) is 0 Å². The molecular formula is C12H13FN2. The Hall–Kier alpha value is -1.56. The van der Waals surface area contributed by atoms with Crippen LogP contribution in [0.25, 0.3) is 0 Å². The summed E-state index contributed by atoms with van der Waals surface area (Å²) >= 11 is 0. The van der Waals surface area contributed by atoms with Crippen molar-refractivity contribution in [1.82, 2.24) is 0 Å². The highest BCUT2D eigenvalue weighted by molar-refractivity contribution is 5.52. The van der Waals surface area contributed by atoms with Crippen LogP contribution in [0.15, 0.2) is 18.2 Å². The van der Waals surface area contributed by atoms with E-state index in [-0.39, 0.29) is 5.56 Å². The van der Waals surface area contributed by atoms with Crippen LogP contribution in [0.3, 0.4) is 0 Å². The average molecular weight is 204 g/mol. The molecule has 0 unspecified atom stereocenters. The Morgan fingerprint density at radius 2 is 2.27 bits per heavy atom. The van der Waals surface area contributed by atoms with Gasteiger partial charge < -0.3 is 4.90 Å². The summed E-state index contributed by atoms with van der Waals surface area (Å²) in [6.07, 6.45) is 2.38. The lowest BCUT2D eigenvalue weighted by atomic mass is 10.2. The molecule has 0 atom stereocenters. The molecule has 2 nitrogen and oxygen atoms in total. The van der Waals surface area contributed by atoms with E-state index in [4.69, 9.17) is 5.26 Å². The smallest absolute Gasteiger partial charge is 0.143 e. The number of rotatable bonds is 3. The highest BCUT2D eigenvalue weighted by Crippen LogP contribution is 2.31. The topological polar surface area (TPSA) is 27.0 Å². The maximum absolute atomic E-state index is 13.4. The minimum Gasteiger partial charge on any atom is -0.369 e. The van der Waals surface area contributed by atoms with E-state index in [0.29, 0.717) is 6.04 Å². The van der Waals surface area contributed by atoms with Gasteiger partial charge in [0.1, 0.15) is 11.9 Å². The van der Waals surface area contributed by atoms with E-state index < -0.39 is 5.82 Å². The largest absolute Gasteiger partial charge is 0.369 e. The summed E-state index contributed by atoms with van der Waals surface area (Å²) in [5, 5.41) is 8.62. The number of anilines is 1. The molecule has 78 valence electrons. The lowest BCUT2D eigenvalue weighted by Crippen LogP contribution is -2.25. The maximum Gasteiger partial charge on any atom is 0.143 e. The number of benzene rings is 1. The Kier molecular flexibility index (Phi) is 2.59. The van der Waals surface area contributed by atoms with Gasteiger partial charge in [-0.3, -0.25) is 0 Å². The summed E-state index contributed by atoms with van der Waals surface area (Å²) in [7, 11) is 0. The Bertz CT molecular complexity index is 405. The molecule has 1 aromatic carbocycles. The van der Waals surface area contributed by atoms with E-state index in [1.54, 1.807) is 6.07 Å². The summed E-state index contributed by atoms with van der Waals surface area (Å²) in [4.78, 5) is 2.18. The van der Waals surface area contributed by atoms with Crippen molar-refractivity contribution >= 4 is 5.69 Å². The van der Waals surface area contributed by atoms with Crippen molar-refractivity contribution in [3.8, 4) is 6.07 Å². The number of hydrogen-bond donors (Lipinski definition) is 0. The molecule has 15 heavy (non-hydrogen) atoms. The Morgan fingerprint density at radius 1 is 1.53 bits per heavy atom. The van der Waals surface area contributed by atoms with Crippen LogP contribution >= 0.6 is 0 Å². The predicted octanol–water partition coefficient (Wildman–Crippen LogP) is 2.69. The molecule has 0 heterocycles. The van der Waals surface area contributed by atoms with Crippen LogP contribution in [-0.2, 0) is 0 Å². The zero-order chi connectivity index (χ0) is 10.8. The number of nitriles is 1. The van der Waals surface area contributed by atoms with Crippen LogP contribution in [0.1, 0.15) is 25.3 Å². The molecule has 0 N–H and O–H groups in total.